The summed E-state index contributed by atoms with van der Waals surface area (Å²) in [6.07, 6.45) is -9.92. The number of phosphoric acid groups is 2. The number of aliphatic hydroxyl groups excluding tert-OH is 5. The van der Waals surface area contributed by atoms with Gasteiger partial charge in [0.05, 0.1) is 49.2 Å². The quantitative estimate of drug-likeness (QED) is 0.0650. The number of ether oxygens (including phenoxy) is 1. The predicted molar refractivity (Wildman–Crippen MR) is 173 cm³/mol. The first-order chi connectivity index (χ1) is 24.9. The molecule has 26 heteroatoms. The fourth-order valence-corrected chi connectivity index (χ4v) is 7.69. The molecule has 53 heavy (non-hydrogen) atoms. The highest BCUT2D eigenvalue weighted by Gasteiger charge is 2.46. The topological polar surface area (TPSA) is 369 Å². The van der Waals surface area contributed by atoms with Gasteiger partial charge in [-0.3, -0.25) is 18.6 Å². The van der Waals surface area contributed by atoms with Crippen LogP contribution in [0.25, 0.3) is 11.2 Å². The Hall–Kier alpha value is -4.13. The van der Waals surface area contributed by atoms with Gasteiger partial charge in [-0.15, -0.1) is 0 Å². The Morgan fingerprint density at radius 2 is 1.70 bits per heavy atom. The molecule has 4 aromatic rings. The van der Waals surface area contributed by atoms with Crippen LogP contribution in [0.4, 0.5) is 28.7 Å². The number of hydrogen-bond donors (Lipinski definition) is 9. The highest BCUT2D eigenvalue weighted by Crippen LogP contribution is 2.60. The number of hydrogen-bond acceptors (Lipinski definition) is 21. The Kier molecular flexibility index (Phi) is 10.6. The Bertz CT molecular complexity index is 2110. The van der Waals surface area contributed by atoms with E-state index in [0.29, 0.717) is 11.4 Å². The van der Waals surface area contributed by atoms with Gasteiger partial charge in [-0.2, -0.15) is 4.31 Å². The van der Waals surface area contributed by atoms with Crippen LogP contribution in [0.15, 0.2) is 24.8 Å². The summed E-state index contributed by atoms with van der Waals surface area (Å²) in [5.74, 6) is -1.12. The third kappa shape index (κ3) is 7.91. The van der Waals surface area contributed by atoms with E-state index in [1.54, 1.807) is 26.0 Å². The number of nitrogens with zero attached hydrogens (tertiary/aromatic N) is 7. The van der Waals surface area contributed by atoms with E-state index in [9.17, 15) is 54.7 Å². The van der Waals surface area contributed by atoms with Gasteiger partial charge < -0.3 is 66.2 Å². The zero-order chi connectivity index (χ0) is 38.6. The van der Waals surface area contributed by atoms with Crippen molar-refractivity contribution in [3.05, 3.63) is 35.9 Å². The van der Waals surface area contributed by atoms with Crippen molar-refractivity contribution in [2.24, 2.45) is 0 Å². The number of rotatable bonds is 13. The maximum atomic E-state index is 12.5. The number of benzene rings is 1. The van der Waals surface area contributed by atoms with Crippen molar-refractivity contribution in [3.63, 3.8) is 0 Å². The summed E-state index contributed by atoms with van der Waals surface area (Å²) in [4.78, 5) is 40.3. The SMILES string of the molecule is Cc1cc2c(cc1C)N(C[C@H](O)[C@H](O)[C@H](O)COP(=O)(O)OP(=O)(O)OC[C@H]1O[C@@H](n3cnc4c(N)ncnc43)[C@H](O)[C@@H]1O)c1nc([O-])nc([O-])c1N2. The number of imidazole rings is 1. The first-order valence-corrected chi connectivity index (χ1v) is 18.4. The molecule has 9 atom stereocenters. The van der Waals surface area contributed by atoms with Crippen LogP contribution in [0.3, 0.4) is 0 Å². The van der Waals surface area contributed by atoms with E-state index in [1.165, 1.54) is 15.8 Å². The van der Waals surface area contributed by atoms with Crippen molar-refractivity contribution < 1.29 is 72.8 Å². The molecule has 2 unspecified atom stereocenters. The van der Waals surface area contributed by atoms with E-state index in [0.717, 1.165) is 17.5 Å². The standard InChI is InChI=1S/C27H35N9O15P2/c1-10-3-12-13(4-11(10)2)35(24-18(32-12)25(42)34-27(43)33-24)5-14(37)19(39)15(38)6-48-52(44,45)51-53(46,47)49-7-16-20(40)21(41)26(50-16)36-9-31-17-22(28)29-8-30-23(17)36/h3-4,8-9,14-16,19-21,26,32,37-41H,5-7H2,1-2H3,(H,44,45)(H,46,47)(H2,28,29,30)(H2,33,34,42,43)/p-2/t14-,15+,16+,19-,20+,21+,26+/m0/s1. The maximum Gasteiger partial charge on any atom is 0.481 e. The van der Waals surface area contributed by atoms with E-state index < -0.39 is 90.1 Å². The summed E-state index contributed by atoms with van der Waals surface area (Å²) in [6, 6.07) is 2.24. The van der Waals surface area contributed by atoms with Crippen LogP contribution in [-0.4, -0.2) is 121 Å². The number of nitrogens with two attached hydrogens (primary N) is 1. The van der Waals surface area contributed by atoms with Crippen LogP contribution in [0, 0.1) is 13.8 Å². The molecule has 0 bridgehead atoms. The van der Waals surface area contributed by atoms with Crippen molar-refractivity contribution >= 4 is 55.5 Å². The van der Waals surface area contributed by atoms with Gasteiger partial charge in [-0.05, 0) is 37.1 Å². The molecule has 6 rings (SSSR count). The molecule has 0 radical (unpaired) electrons. The van der Waals surface area contributed by atoms with Crippen molar-refractivity contribution in [3.8, 4) is 11.9 Å². The molecule has 0 saturated carbocycles. The average molecular weight is 786 g/mol. The minimum Gasteiger partial charge on any atom is -0.857 e. The van der Waals surface area contributed by atoms with Gasteiger partial charge >= 0.3 is 15.6 Å². The number of phosphoric ester groups is 2. The molecule has 1 aromatic carbocycles. The second-order valence-electron chi connectivity index (χ2n) is 12.1. The van der Waals surface area contributed by atoms with Crippen LogP contribution in [0.2, 0.25) is 0 Å². The molecule has 2 aliphatic rings. The number of aliphatic hydroxyl groups is 5. The lowest BCUT2D eigenvalue weighted by Gasteiger charge is -2.37. The van der Waals surface area contributed by atoms with Gasteiger partial charge in [0, 0.05) is 5.88 Å². The number of nitrogens with one attached hydrogen (secondary N) is 1. The number of anilines is 5. The smallest absolute Gasteiger partial charge is 0.481 e. The first-order valence-electron chi connectivity index (χ1n) is 15.4. The van der Waals surface area contributed by atoms with Crippen LogP contribution >= 0.6 is 15.6 Å². The summed E-state index contributed by atoms with van der Waals surface area (Å²) in [7, 11) is -11.0. The van der Waals surface area contributed by atoms with E-state index in [1.807, 2.05) is 0 Å². The molecule has 3 aromatic heterocycles. The second kappa shape index (κ2) is 14.6. The zero-order valence-corrected chi connectivity index (χ0v) is 29.3. The number of aryl methyl sites for hydroxylation is 2. The number of β-amino-alcohol motifs (C(OH)–C–C–N with tert-alkyl or cyclic N) is 1. The third-order valence-electron chi connectivity index (χ3n) is 8.43. The highest BCUT2D eigenvalue weighted by molar-refractivity contribution is 7.61. The highest BCUT2D eigenvalue weighted by atomic mass is 31.3. The molecule has 2 aliphatic heterocycles. The average Bonchev–Trinajstić information content (AvgIpc) is 3.63. The number of fused-ring (bicyclic) bond motifs is 3. The minimum atomic E-state index is -5.54. The fourth-order valence-electron chi connectivity index (χ4n) is 5.59. The van der Waals surface area contributed by atoms with E-state index >= 15 is 0 Å². The van der Waals surface area contributed by atoms with Crippen molar-refractivity contribution in [2.75, 3.05) is 35.7 Å². The Morgan fingerprint density at radius 1 is 1.00 bits per heavy atom. The third-order valence-corrected chi connectivity index (χ3v) is 11.0. The van der Waals surface area contributed by atoms with E-state index in [4.69, 9.17) is 15.0 Å². The van der Waals surface area contributed by atoms with Crippen LogP contribution in [0.1, 0.15) is 17.4 Å². The lowest BCUT2D eigenvalue weighted by Crippen LogP contribution is -2.46. The molecule has 0 aliphatic carbocycles. The van der Waals surface area contributed by atoms with Crippen molar-refractivity contribution in [2.45, 2.75) is 56.7 Å². The van der Waals surface area contributed by atoms with Gasteiger partial charge in [0.1, 0.15) is 48.5 Å². The number of nitrogen functional groups attached to an aromatic ring is 1. The second-order valence-corrected chi connectivity index (χ2v) is 15.1. The molecular weight excluding hydrogens is 752 g/mol. The van der Waals surface area contributed by atoms with E-state index in [-0.39, 0.29) is 28.5 Å². The summed E-state index contributed by atoms with van der Waals surface area (Å²) in [6.45, 7) is 0.823. The molecule has 10 N–H and O–H groups in total. The van der Waals surface area contributed by atoms with E-state index in [2.05, 4.69) is 39.1 Å². The fraction of sp³-hybridized carbons (Fsp3) is 0.444. The summed E-state index contributed by atoms with van der Waals surface area (Å²) in [5, 5.41) is 80.4. The van der Waals surface area contributed by atoms with Crippen LogP contribution in [0.5, 0.6) is 11.9 Å². The molecule has 24 nitrogen and oxygen atoms in total. The lowest BCUT2D eigenvalue weighted by molar-refractivity contribution is -0.296. The Balaban J connectivity index is 1.05. The summed E-state index contributed by atoms with van der Waals surface area (Å²) < 4.78 is 45.3. The van der Waals surface area contributed by atoms with Gasteiger partial charge in [-0.1, -0.05) is 0 Å². The van der Waals surface area contributed by atoms with Gasteiger partial charge in [-0.25, -0.2) is 29.1 Å². The Labute approximate surface area is 297 Å². The van der Waals surface area contributed by atoms with Crippen molar-refractivity contribution in [1.29, 1.82) is 0 Å². The van der Waals surface area contributed by atoms with Gasteiger partial charge in [0.25, 0.3) is 0 Å². The minimum absolute atomic E-state index is 0.0294. The van der Waals surface area contributed by atoms with Crippen LogP contribution < -0.4 is 26.2 Å². The predicted octanol–water partition coefficient (Wildman–Crippen LogP) is -2.19. The monoisotopic (exact) mass is 785 g/mol. The Morgan fingerprint density at radius 3 is 2.43 bits per heavy atom. The zero-order valence-electron chi connectivity index (χ0n) is 27.5. The normalized spacial score (nSPS) is 23.8. The van der Waals surface area contributed by atoms with Crippen LogP contribution in [-0.2, 0) is 27.2 Å². The lowest BCUT2D eigenvalue weighted by atomic mass is 10.0. The van der Waals surface area contributed by atoms with Crippen molar-refractivity contribution in [1.82, 2.24) is 29.5 Å². The molecule has 1 saturated heterocycles. The first kappa shape index (κ1) is 38.6. The number of aromatic nitrogens is 6. The molecular formula is C27H33N9O15P2-2. The molecule has 0 spiro atoms. The molecule has 1 fully saturated rings. The van der Waals surface area contributed by atoms with Gasteiger partial charge in [0.2, 0.25) is 0 Å². The maximum absolute atomic E-state index is 12.5. The largest absolute Gasteiger partial charge is 0.857 e. The molecule has 288 valence electrons. The molecule has 5 heterocycles. The van der Waals surface area contributed by atoms with Gasteiger partial charge in [0.15, 0.2) is 23.5 Å². The summed E-state index contributed by atoms with van der Waals surface area (Å²) in [5.41, 5.74) is 8.23. The summed E-state index contributed by atoms with van der Waals surface area (Å²) >= 11 is 0. The molecule has 0 amide bonds.